The Balaban J connectivity index is 2.85. The van der Waals surface area contributed by atoms with Gasteiger partial charge in [-0.15, -0.1) is 0 Å². The van der Waals surface area contributed by atoms with E-state index in [9.17, 15) is 10.1 Å². The highest BCUT2D eigenvalue weighted by Crippen LogP contribution is 2.27. The summed E-state index contributed by atoms with van der Waals surface area (Å²) in [6.45, 7) is 1.74. The lowest BCUT2D eigenvalue weighted by Gasteiger charge is -1.98. The smallest absolute Gasteiger partial charge is 0.267 e. The molecule has 0 amide bonds. The molecule has 5 nitrogen and oxygen atoms in total. The van der Waals surface area contributed by atoms with E-state index >= 15 is 0 Å². The van der Waals surface area contributed by atoms with Gasteiger partial charge in [0, 0.05) is 24.1 Å². The van der Waals surface area contributed by atoms with Gasteiger partial charge in [-0.3, -0.25) is 14.8 Å². The number of halogens is 1. The number of aryl methyl sites for hydroxylation is 2. The van der Waals surface area contributed by atoms with E-state index < -0.39 is 0 Å². The van der Waals surface area contributed by atoms with Crippen LogP contribution < -0.4 is 0 Å². The molecule has 0 spiro atoms. The standard InChI is InChI=1S/C9H8IN3O2/c1-5-3-6-8(4-7(5)13(14)15)12(2)11-9(6)10/h3-4H,1-2H3. The molecule has 0 unspecified atom stereocenters. The van der Waals surface area contributed by atoms with Crippen LogP contribution >= 0.6 is 22.6 Å². The average Bonchev–Trinajstić information content (AvgIpc) is 2.41. The van der Waals surface area contributed by atoms with Gasteiger partial charge in [0.2, 0.25) is 0 Å². The van der Waals surface area contributed by atoms with E-state index in [1.165, 1.54) is 0 Å². The minimum Gasteiger partial charge on any atom is -0.267 e. The second kappa shape index (κ2) is 3.44. The number of hydrogen-bond donors (Lipinski definition) is 0. The fourth-order valence-electron chi connectivity index (χ4n) is 1.55. The summed E-state index contributed by atoms with van der Waals surface area (Å²) in [5.41, 5.74) is 1.59. The SMILES string of the molecule is Cc1cc2c(I)nn(C)c2cc1[N+](=O)[O-]. The first-order valence-corrected chi connectivity index (χ1v) is 5.36. The van der Waals surface area contributed by atoms with E-state index in [2.05, 4.69) is 27.7 Å². The van der Waals surface area contributed by atoms with Crippen LogP contribution in [-0.2, 0) is 7.05 Å². The second-order valence-corrected chi connectivity index (χ2v) is 4.35. The van der Waals surface area contributed by atoms with Crippen LogP contribution in [-0.4, -0.2) is 14.7 Å². The van der Waals surface area contributed by atoms with Crippen molar-refractivity contribution in [3.05, 3.63) is 31.5 Å². The Bertz CT molecular complexity index is 562. The zero-order valence-electron chi connectivity index (χ0n) is 8.19. The highest BCUT2D eigenvalue weighted by Gasteiger charge is 2.15. The largest absolute Gasteiger partial charge is 0.274 e. The van der Waals surface area contributed by atoms with E-state index in [0.29, 0.717) is 5.56 Å². The number of nitrogens with zero attached hydrogens (tertiary/aromatic N) is 3. The van der Waals surface area contributed by atoms with Crippen LogP contribution in [0.15, 0.2) is 12.1 Å². The predicted octanol–water partition coefficient (Wildman–Crippen LogP) is 2.39. The third-order valence-corrected chi connectivity index (χ3v) is 3.12. The Kier molecular flexibility index (Phi) is 2.37. The van der Waals surface area contributed by atoms with Gasteiger partial charge in [-0.2, -0.15) is 5.10 Å². The number of nitro groups is 1. The van der Waals surface area contributed by atoms with E-state index in [1.54, 1.807) is 24.7 Å². The van der Waals surface area contributed by atoms with Crippen molar-refractivity contribution in [3.63, 3.8) is 0 Å². The average molecular weight is 317 g/mol. The number of nitro benzene ring substituents is 1. The van der Waals surface area contributed by atoms with Gasteiger partial charge in [0.05, 0.1) is 10.4 Å². The molecule has 0 saturated carbocycles. The van der Waals surface area contributed by atoms with Gasteiger partial charge >= 0.3 is 0 Å². The molecule has 1 heterocycles. The van der Waals surface area contributed by atoms with Crippen molar-refractivity contribution in [1.82, 2.24) is 9.78 Å². The van der Waals surface area contributed by atoms with Crippen LogP contribution in [0.3, 0.4) is 0 Å². The van der Waals surface area contributed by atoms with Gasteiger partial charge in [-0.25, -0.2) is 0 Å². The Morgan fingerprint density at radius 2 is 2.20 bits per heavy atom. The molecular weight excluding hydrogens is 309 g/mol. The Morgan fingerprint density at radius 3 is 2.80 bits per heavy atom. The van der Waals surface area contributed by atoms with Crippen molar-refractivity contribution < 1.29 is 4.92 Å². The fourth-order valence-corrected chi connectivity index (χ4v) is 2.31. The quantitative estimate of drug-likeness (QED) is 0.461. The second-order valence-electron chi connectivity index (χ2n) is 3.33. The van der Waals surface area contributed by atoms with Gasteiger partial charge in [-0.05, 0) is 35.6 Å². The summed E-state index contributed by atoms with van der Waals surface area (Å²) in [5, 5.41) is 15.9. The molecule has 0 saturated heterocycles. The number of rotatable bonds is 1. The third kappa shape index (κ3) is 1.58. The van der Waals surface area contributed by atoms with E-state index in [0.717, 1.165) is 14.6 Å². The van der Waals surface area contributed by atoms with Gasteiger partial charge in [0.25, 0.3) is 5.69 Å². The van der Waals surface area contributed by atoms with Gasteiger partial charge < -0.3 is 0 Å². The minimum atomic E-state index is -0.366. The van der Waals surface area contributed by atoms with Gasteiger partial charge in [0.1, 0.15) is 3.70 Å². The molecule has 1 aromatic carbocycles. The summed E-state index contributed by atoms with van der Waals surface area (Å²) in [4.78, 5) is 10.4. The van der Waals surface area contributed by atoms with E-state index in [1.807, 2.05) is 6.07 Å². The molecule has 0 bridgehead atoms. The number of hydrogen-bond acceptors (Lipinski definition) is 3. The zero-order valence-corrected chi connectivity index (χ0v) is 10.3. The third-order valence-electron chi connectivity index (χ3n) is 2.32. The molecule has 6 heteroatoms. The van der Waals surface area contributed by atoms with Crippen LogP contribution in [0, 0.1) is 20.7 Å². The van der Waals surface area contributed by atoms with Crippen molar-refractivity contribution in [2.75, 3.05) is 0 Å². The molecule has 0 radical (unpaired) electrons. The molecule has 0 aliphatic rings. The van der Waals surface area contributed by atoms with Crippen LogP contribution in [0.4, 0.5) is 5.69 Å². The van der Waals surface area contributed by atoms with Gasteiger partial charge in [-0.1, -0.05) is 0 Å². The molecule has 2 rings (SSSR count). The monoisotopic (exact) mass is 317 g/mol. The predicted molar refractivity (Wildman–Crippen MR) is 64.8 cm³/mol. The maximum absolute atomic E-state index is 10.8. The molecule has 0 fully saturated rings. The molecule has 0 aliphatic carbocycles. The summed E-state index contributed by atoms with van der Waals surface area (Å²) in [6, 6.07) is 3.38. The Labute approximate surface area is 99.4 Å². The molecule has 1 aromatic heterocycles. The van der Waals surface area contributed by atoms with Crippen molar-refractivity contribution in [3.8, 4) is 0 Å². The first-order chi connectivity index (χ1) is 7.00. The lowest BCUT2D eigenvalue weighted by molar-refractivity contribution is -0.385. The van der Waals surface area contributed by atoms with Crippen LogP contribution in [0.5, 0.6) is 0 Å². The van der Waals surface area contributed by atoms with Crippen LogP contribution in [0.2, 0.25) is 0 Å². The molecule has 2 aromatic rings. The molecule has 0 atom stereocenters. The normalized spacial score (nSPS) is 10.9. The number of aromatic nitrogens is 2. The minimum absolute atomic E-state index is 0.141. The van der Waals surface area contributed by atoms with Crippen LogP contribution in [0.1, 0.15) is 5.56 Å². The number of fused-ring (bicyclic) bond motifs is 1. The highest BCUT2D eigenvalue weighted by molar-refractivity contribution is 14.1. The maximum atomic E-state index is 10.8. The van der Waals surface area contributed by atoms with Crippen molar-refractivity contribution in [2.45, 2.75) is 6.92 Å². The molecule has 0 N–H and O–H groups in total. The highest BCUT2D eigenvalue weighted by atomic mass is 127. The topological polar surface area (TPSA) is 61.0 Å². The first-order valence-electron chi connectivity index (χ1n) is 4.28. The summed E-state index contributed by atoms with van der Waals surface area (Å²) >= 11 is 2.12. The summed E-state index contributed by atoms with van der Waals surface area (Å²) < 4.78 is 2.52. The van der Waals surface area contributed by atoms with Crippen molar-refractivity contribution in [1.29, 1.82) is 0 Å². The van der Waals surface area contributed by atoms with Crippen LogP contribution in [0.25, 0.3) is 10.9 Å². The summed E-state index contributed by atoms with van der Waals surface area (Å²) in [5.74, 6) is 0. The number of benzene rings is 1. The van der Waals surface area contributed by atoms with Crippen molar-refractivity contribution in [2.24, 2.45) is 7.05 Å². The Hall–Kier alpha value is -1.18. The zero-order chi connectivity index (χ0) is 11.2. The Morgan fingerprint density at radius 1 is 1.53 bits per heavy atom. The fraction of sp³-hybridized carbons (Fsp3) is 0.222. The van der Waals surface area contributed by atoms with E-state index in [4.69, 9.17) is 0 Å². The maximum Gasteiger partial charge on any atom is 0.274 e. The van der Waals surface area contributed by atoms with Gasteiger partial charge in [0.15, 0.2) is 0 Å². The summed E-state index contributed by atoms with van der Waals surface area (Å²) in [7, 11) is 1.78. The summed E-state index contributed by atoms with van der Waals surface area (Å²) in [6.07, 6.45) is 0. The molecule has 78 valence electrons. The molecular formula is C9H8IN3O2. The first kappa shape index (κ1) is 10.3. The molecule has 15 heavy (non-hydrogen) atoms. The lowest BCUT2D eigenvalue weighted by atomic mass is 10.1. The molecule has 0 aliphatic heterocycles. The van der Waals surface area contributed by atoms with E-state index in [-0.39, 0.29) is 10.6 Å². The van der Waals surface area contributed by atoms with Crippen molar-refractivity contribution >= 4 is 39.2 Å². The lowest BCUT2D eigenvalue weighted by Crippen LogP contribution is -1.94.